The number of anilines is 1. The summed E-state index contributed by atoms with van der Waals surface area (Å²) in [6.45, 7) is 1.42. The van der Waals surface area contributed by atoms with E-state index in [-0.39, 0.29) is 24.2 Å². The molecule has 314 valence electrons. The SMILES string of the molecule is NC(CSC(CC(=O)NCC(=O)NCCCCCCN1N=C(c2ccc(NC(=O)N3Cc4ccncc4C3)cc2)CC(c2cccc3ncccc23)C1=O)C(=O)O)C(=O)O. The fraction of sp³-hybridized carbons (Fsp3) is 0.357. The third kappa shape index (κ3) is 11.4. The number of carbonyl (C=O) groups excluding carboxylic acids is 4. The van der Waals surface area contributed by atoms with Crippen LogP contribution in [-0.2, 0) is 37.1 Å². The summed E-state index contributed by atoms with van der Waals surface area (Å²) in [7, 11) is 0. The molecule has 18 heteroatoms. The molecule has 3 atom stereocenters. The lowest BCUT2D eigenvalue weighted by molar-refractivity contribution is -0.139. The lowest BCUT2D eigenvalue weighted by Crippen LogP contribution is -2.39. The van der Waals surface area contributed by atoms with Crippen molar-refractivity contribution in [1.82, 2.24) is 30.5 Å². The first-order valence-corrected chi connectivity index (χ1v) is 20.7. The van der Waals surface area contributed by atoms with Crippen LogP contribution >= 0.6 is 11.8 Å². The second-order valence-electron chi connectivity index (χ2n) is 14.5. The highest BCUT2D eigenvalue weighted by molar-refractivity contribution is 8.00. The van der Waals surface area contributed by atoms with Gasteiger partial charge in [-0.2, -0.15) is 5.10 Å². The van der Waals surface area contributed by atoms with Crippen molar-refractivity contribution in [3.63, 3.8) is 0 Å². The van der Waals surface area contributed by atoms with Crippen LogP contribution in [0.3, 0.4) is 0 Å². The van der Waals surface area contributed by atoms with Gasteiger partial charge in [0.1, 0.15) is 11.3 Å². The zero-order chi connectivity index (χ0) is 42.6. The monoisotopic (exact) mass is 837 g/mol. The normalized spacial score (nSPS) is 15.8. The number of hydrazone groups is 1. The number of rotatable bonds is 19. The van der Waals surface area contributed by atoms with Crippen molar-refractivity contribution in [3.8, 4) is 0 Å². The van der Waals surface area contributed by atoms with Crippen LogP contribution in [0.4, 0.5) is 10.5 Å². The van der Waals surface area contributed by atoms with Gasteiger partial charge in [0, 0.05) is 74.4 Å². The van der Waals surface area contributed by atoms with Gasteiger partial charge in [0.2, 0.25) is 11.8 Å². The van der Waals surface area contributed by atoms with Gasteiger partial charge in [0.15, 0.2) is 0 Å². The lowest BCUT2D eigenvalue weighted by atomic mass is 9.86. The fourth-order valence-electron chi connectivity index (χ4n) is 6.98. The summed E-state index contributed by atoms with van der Waals surface area (Å²) < 4.78 is 0. The van der Waals surface area contributed by atoms with E-state index in [9.17, 15) is 33.9 Å². The van der Waals surface area contributed by atoms with Gasteiger partial charge in [-0.25, -0.2) is 9.80 Å². The van der Waals surface area contributed by atoms with Crippen LogP contribution < -0.4 is 21.7 Å². The number of nitrogens with zero attached hydrogens (tertiary/aromatic N) is 5. The van der Waals surface area contributed by atoms with Crippen LogP contribution in [0.1, 0.15) is 66.7 Å². The number of aliphatic carboxylic acids is 2. The molecule has 4 heterocycles. The highest BCUT2D eigenvalue weighted by atomic mass is 32.2. The van der Waals surface area contributed by atoms with Crippen molar-refractivity contribution in [3.05, 3.63) is 102 Å². The van der Waals surface area contributed by atoms with Crippen molar-refractivity contribution in [2.75, 3.05) is 30.7 Å². The van der Waals surface area contributed by atoms with Gasteiger partial charge < -0.3 is 36.8 Å². The number of thioether (sulfide) groups is 1. The second kappa shape index (κ2) is 20.5. The molecule has 0 saturated heterocycles. The number of pyridine rings is 2. The third-order valence-electron chi connectivity index (χ3n) is 10.2. The predicted octanol–water partition coefficient (Wildman–Crippen LogP) is 3.68. The van der Waals surface area contributed by atoms with E-state index in [4.69, 9.17) is 15.9 Å². The summed E-state index contributed by atoms with van der Waals surface area (Å²) in [4.78, 5) is 84.5. The van der Waals surface area contributed by atoms with Gasteiger partial charge in [-0.15, -0.1) is 11.8 Å². The Kier molecular flexibility index (Phi) is 14.8. The number of hydrogen-bond donors (Lipinski definition) is 6. The number of urea groups is 1. The molecule has 2 aromatic carbocycles. The van der Waals surface area contributed by atoms with Gasteiger partial charge in [-0.1, -0.05) is 43.2 Å². The van der Waals surface area contributed by atoms with Crippen molar-refractivity contribution in [1.29, 1.82) is 0 Å². The van der Waals surface area contributed by atoms with Gasteiger partial charge >= 0.3 is 18.0 Å². The standard InChI is InChI=1S/C42H47N9O8S/c43-33(40(55)56)25-60-36(41(57)58)20-37(52)47-22-38(53)46-15-3-1-2-4-18-51-39(54)32(30-7-5-9-34-31(30)8-6-16-45-34)19-35(49-51)26-10-12-29(13-11-26)48-42(59)50-23-27-14-17-44-21-28(27)24-50/h5-14,16-17,21,32-33,36H,1-4,15,18-20,22-25,43H2,(H,46,53)(H,47,52)(H,48,59)(H,55,56)(H,57,58). The van der Waals surface area contributed by atoms with Crippen molar-refractivity contribution in [2.45, 2.75) is 68.8 Å². The predicted molar refractivity (Wildman–Crippen MR) is 225 cm³/mol. The van der Waals surface area contributed by atoms with Crippen LogP contribution in [0.15, 0.2) is 84.4 Å². The quantitative estimate of drug-likeness (QED) is 0.0741. The summed E-state index contributed by atoms with van der Waals surface area (Å²) in [6, 6.07) is 17.6. The van der Waals surface area contributed by atoms with Gasteiger partial charge in [0.05, 0.1) is 23.7 Å². The zero-order valence-corrected chi connectivity index (χ0v) is 33.6. The summed E-state index contributed by atoms with van der Waals surface area (Å²) in [6.07, 6.45) is 8.02. The molecule has 3 unspecified atom stereocenters. The maximum absolute atomic E-state index is 14.1. The number of carbonyl (C=O) groups is 6. The number of hydrogen-bond acceptors (Lipinski definition) is 11. The van der Waals surface area contributed by atoms with Gasteiger partial charge in [-0.3, -0.25) is 33.9 Å². The number of fused-ring (bicyclic) bond motifs is 2. The molecule has 2 aliphatic rings. The molecule has 2 aromatic heterocycles. The molecule has 0 spiro atoms. The molecule has 6 rings (SSSR count). The van der Waals surface area contributed by atoms with Crippen LogP contribution in [0.25, 0.3) is 10.9 Å². The van der Waals surface area contributed by atoms with Crippen molar-refractivity contribution in [2.24, 2.45) is 10.8 Å². The minimum absolute atomic E-state index is 0.104. The number of nitrogens with one attached hydrogen (secondary N) is 3. The van der Waals surface area contributed by atoms with E-state index in [1.54, 1.807) is 28.5 Å². The van der Waals surface area contributed by atoms with E-state index in [2.05, 4.69) is 25.9 Å². The number of aromatic nitrogens is 2. The number of unbranched alkanes of at least 4 members (excludes halogenated alkanes) is 3. The molecule has 5 amide bonds. The Morgan fingerprint density at radius 1 is 0.867 bits per heavy atom. The zero-order valence-electron chi connectivity index (χ0n) is 32.8. The Balaban J connectivity index is 0.996. The first kappa shape index (κ1) is 43.2. The van der Waals surface area contributed by atoms with E-state index >= 15 is 0 Å². The van der Waals surface area contributed by atoms with E-state index in [0.717, 1.165) is 63.5 Å². The van der Waals surface area contributed by atoms with Gasteiger partial charge in [-0.05, 0) is 65.4 Å². The van der Waals surface area contributed by atoms with E-state index in [1.807, 2.05) is 60.7 Å². The molecule has 2 aliphatic heterocycles. The molecule has 4 aromatic rings. The number of benzene rings is 2. The average molecular weight is 838 g/mol. The van der Waals surface area contributed by atoms with Crippen LogP contribution in [0.2, 0.25) is 0 Å². The Hall–Kier alpha value is -6.40. The summed E-state index contributed by atoms with van der Waals surface area (Å²) in [5, 5.41) is 32.5. The first-order valence-electron chi connectivity index (χ1n) is 19.6. The minimum Gasteiger partial charge on any atom is -0.480 e. The maximum Gasteiger partial charge on any atom is 0.322 e. The average Bonchev–Trinajstić information content (AvgIpc) is 3.69. The molecule has 60 heavy (non-hydrogen) atoms. The minimum atomic E-state index is -1.28. The van der Waals surface area contributed by atoms with Crippen LogP contribution in [0.5, 0.6) is 0 Å². The highest BCUT2D eigenvalue weighted by Crippen LogP contribution is 2.34. The van der Waals surface area contributed by atoms with E-state index < -0.39 is 47.4 Å². The molecular formula is C42H47N9O8S. The Morgan fingerprint density at radius 2 is 1.65 bits per heavy atom. The maximum atomic E-state index is 14.1. The molecule has 0 fully saturated rings. The highest BCUT2D eigenvalue weighted by Gasteiger charge is 2.34. The fourth-order valence-corrected chi connectivity index (χ4v) is 7.97. The number of carboxylic acids is 2. The largest absolute Gasteiger partial charge is 0.480 e. The number of amides is 5. The Labute approximate surface area is 350 Å². The lowest BCUT2D eigenvalue weighted by Gasteiger charge is -2.30. The summed E-state index contributed by atoms with van der Waals surface area (Å²) in [5.74, 6) is -4.43. The Bertz CT molecular complexity index is 2230. The van der Waals surface area contributed by atoms with Gasteiger partial charge in [0.25, 0.3) is 5.91 Å². The third-order valence-corrected chi connectivity index (χ3v) is 11.6. The number of carboxylic acid groups (broad SMARTS) is 2. The van der Waals surface area contributed by atoms with E-state index in [0.29, 0.717) is 51.1 Å². The molecule has 0 aliphatic carbocycles. The molecule has 7 N–H and O–H groups in total. The summed E-state index contributed by atoms with van der Waals surface area (Å²) >= 11 is 0.751. The van der Waals surface area contributed by atoms with Crippen LogP contribution in [-0.4, -0.2) is 108 Å². The Morgan fingerprint density at radius 3 is 2.42 bits per heavy atom. The molecule has 17 nitrogen and oxygen atoms in total. The number of nitrogens with two attached hydrogens (primary N) is 1. The topological polar surface area (TPSA) is 250 Å². The smallest absolute Gasteiger partial charge is 0.322 e. The van der Waals surface area contributed by atoms with Crippen LogP contribution in [0, 0.1) is 0 Å². The van der Waals surface area contributed by atoms with Crippen molar-refractivity contribution >= 4 is 69.8 Å². The van der Waals surface area contributed by atoms with Crippen molar-refractivity contribution < 1.29 is 39.0 Å². The summed E-state index contributed by atoms with van der Waals surface area (Å²) in [5.41, 5.74) is 11.4. The molecule has 0 saturated carbocycles. The first-order chi connectivity index (χ1) is 29.0. The molecular weight excluding hydrogens is 791 g/mol. The molecule has 0 radical (unpaired) electrons. The van der Waals surface area contributed by atoms with E-state index in [1.165, 1.54) is 0 Å². The molecule has 0 bridgehead atoms. The second-order valence-corrected chi connectivity index (χ2v) is 15.8.